The van der Waals surface area contributed by atoms with Gasteiger partial charge in [-0.05, 0) is 38.8 Å². The van der Waals surface area contributed by atoms with Crippen LogP contribution in [0.25, 0.3) is 0 Å². The second-order valence-electron chi connectivity index (χ2n) is 6.51. The van der Waals surface area contributed by atoms with Gasteiger partial charge in [0.05, 0.1) is 18.6 Å². The summed E-state index contributed by atoms with van der Waals surface area (Å²) >= 11 is 0. The summed E-state index contributed by atoms with van der Waals surface area (Å²) in [6, 6.07) is 0. The summed E-state index contributed by atoms with van der Waals surface area (Å²) in [5, 5.41) is 16.0. The predicted molar refractivity (Wildman–Crippen MR) is 77.4 cm³/mol. The van der Waals surface area contributed by atoms with Gasteiger partial charge >= 0.3 is 0 Å². The van der Waals surface area contributed by atoms with Crippen LogP contribution in [0.3, 0.4) is 0 Å². The molecule has 0 unspecified atom stereocenters. The van der Waals surface area contributed by atoms with Crippen molar-refractivity contribution in [1.29, 1.82) is 0 Å². The second-order valence-corrected chi connectivity index (χ2v) is 6.51. The molecule has 2 aliphatic rings. The molecular formula is C15H28N2O3. The second kappa shape index (κ2) is 6.87. The molecule has 0 aromatic heterocycles. The van der Waals surface area contributed by atoms with Crippen LogP contribution in [0.5, 0.6) is 0 Å². The van der Waals surface area contributed by atoms with Crippen LogP contribution in [0.2, 0.25) is 0 Å². The molecule has 0 atom stereocenters. The van der Waals surface area contributed by atoms with Gasteiger partial charge in [-0.25, -0.2) is 0 Å². The lowest BCUT2D eigenvalue weighted by Gasteiger charge is -2.37. The maximum Gasteiger partial charge on any atom is 0.228 e. The molecule has 0 spiro atoms. The van der Waals surface area contributed by atoms with Crippen LogP contribution in [0.15, 0.2) is 0 Å². The molecule has 20 heavy (non-hydrogen) atoms. The minimum atomic E-state index is -0.394. The van der Waals surface area contributed by atoms with E-state index in [0.717, 1.165) is 51.6 Å². The molecule has 2 rings (SSSR count). The van der Waals surface area contributed by atoms with E-state index in [1.54, 1.807) is 7.11 Å². The molecule has 0 aromatic carbocycles. The average molecular weight is 284 g/mol. The van der Waals surface area contributed by atoms with Gasteiger partial charge < -0.3 is 20.5 Å². The van der Waals surface area contributed by atoms with Crippen LogP contribution >= 0.6 is 0 Å². The Balaban J connectivity index is 1.94. The number of aliphatic hydroxyl groups is 1. The molecule has 2 fully saturated rings. The molecule has 1 saturated heterocycles. The minimum absolute atomic E-state index is 0.0865. The first-order valence-electron chi connectivity index (χ1n) is 7.75. The zero-order valence-corrected chi connectivity index (χ0v) is 12.5. The van der Waals surface area contributed by atoms with Crippen molar-refractivity contribution in [2.24, 2.45) is 10.8 Å². The van der Waals surface area contributed by atoms with E-state index in [0.29, 0.717) is 13.2 Å². The number of carbonyl (C=O) groups is 1. The predicted octanol–water partition coefficient (Wildman–Crippen LogP) is 0.672. The maximum atomic E-state index is 12.6. The fraction of sp³-hybridized carbons (Fsp3) is 0.933. The zero-order chi connectivity index (χ0) is 14.5. The van der Waals surface area contributed by atoms with Crippen molar-refractivity contribution in [2.45, 2.75) is 38.5 Å². The van der Waals surface area contributed by atoms with Gasteiger partial charge in [0, 0.05) is 19.1 Å². The Labute approximate surface area is 121 Å². The van der Waals surface area contributed by atoms with E-state index in [2.05, 4.69) is 10.6 Å². The number of ether oxygens (including phenoxy) is 1. The first-order valence-corrected chi connectivity index (χ1v) is 7.75. The fourth-order valence-corrected chi connectivity index (χ4v) is 3.59. The highest BCUT2D eigenvalue weighted by molar-refractivity contribution is 5.83. The third kappa shape index (κ3) is 3.32. The molecule has 1 aliphatic carbocycles. The molecule has 5 heteroatoms. The summed E-state index contributed by atoms with van der Waals surface area (Å²) in [6.45, 7) is 2.98. The lowest BCUT2D eigenvalue weighted by molar-refractivity contribution is -0.136. The van der Waals surface area contributed by atoms with Gasteiger partial charge in [0.25, 0.3) is 0 Å². The van der Waals surface area contributed by atoms with E-state index < -0.39 is 5.41 Å². The van der Waals surface area contributed by atoms with E-state index in [-0.39, 0.29) is 17.9 Å². The quantitative estimate of drug-likeness (QED) is 0.670. The van der Waals surface area contributed by atoms with Crippen molar-refractivity contribution in [3.63, 3.8) is 0 Å². The van der Waals surface area contributed by atoms with Crippen molar-refractivity contribution in [3.8, 4) is 0 Å². The molecule has 3 N–H and O–H groups in total. The number of hydrogen-bond donors (Lipinski definition) is 3. The van der Waals surface area contributed by atoms with Crippen molar-refractivity contribution in [1.82, 2.24) is 10.6 Å². The summed E-state index contributed by atoms with van der Waals surface area (Å²) in [4.78, 5) is 12.6. The standard InChI is InChI=1S/C15H28N2O3/c1-20-12-15(6-8-16-9-7-15)13(19)17-10-14(11-18)4-2-3-5-14/h16,18H,2-12H2,1H3,(H,17,19). The van der Waals surface area contributed by atoms with Crippen LogP contribution in [0.4, 0.5) is 0 Å². The molecular weight excluding hydrogens is 256 g/mol. The molecule has 0 radical (unpaired) electrons. The highest BCUT2D eigenvalue weighted by Crippen LogP contribution is 2.37. The first-order chi connectivity index (χ1) is 9.66. The smallest absolute Gasteiger partial charge is 0.228 e. The van der Waals surface area contributed by atoms with Crippen molar-refractivity contribution < 1.29 is 14.6 Å². The third-order valence-electron chi connectivity index (χ3n) is 5.09. The number of aliphatic hydroxyl groups excluding tert-OH is 1. The number of piperidine rings is 1. The number of nitrogens with one attached hydrogen (secondary N) is 2. The molecule has 0 aromatic rings. The maximum absolute atomic E-state index is 12.6. The Kier molecular flexibility index (Phi) is 5.41. The number of methoxy groups -OCH3 is 1. The minimum Gasteiger partial charge on any atom is -0.396 e. The lowest BCUT2D eigenvalue weighted by atomic mass is 9.78. The van der Waals surface area contributed by atoms with E-state index >= 15 is 0 Å². The SMILES string of the molecule is COCC1(C(=O)NCC2(CO)CCCC2)CCNCC1. The van der Waals surface area contributed by atoms with Gasteiger partial charge in [-0.1, -0.05) is 12.8 Å². The molecule has 0 bridgehead atoms. The third-order valence-corrected chi connectivity index (χ3v) is 5.09. The Bertz CT molecular complexity index is 316. The van der Waals surface area contributed by atoms with E-state index in [9.17, 15) is 9.90 Å². The van der Waals surface area contributed by atoms with E-state index in [4.69, 9.17) is 4.74 Å². The van der Waals surface area contributed by atoms with Gasteiger partial charge in [0.15, 0.2) is 0 Å². The van der Waals surface area contributed by atoms with E-state index in [1.807, 2.05) is 0 Å². The zero-order valence-electron chi connectivity index (χ0n) is 12.5. The van der Waals surface area contributed by atoms with Crippen LogP contribution in [0, 0.1) is 10.8 Å². The average Bonchev–Trinajstić information content (AvgIpc) is 2.95. The molecule has 1 amide bonds. The highest BCUT2D eigenvalue weighted by atomic mass is 16.5. The first kappa shape index (κ1) is 15.7. The Hall–Kier alpha value is -0.650. The van der Waals surface area contributed by atoms with E-state index in [1.165, 1.54) is 0 Å². The number of hydrogen-bond acceptors (Lipinski definition) is 4. The molecule has 1 saturated carbocycles. The molecule has 5 nitrogen and oxygen atoms in total. The summed E-state index contributed by atoms with van der Waals surface area (Å²) in [7, 11) is 1.66. The van der Waals surface area contributed by atoms with Gasteiger partial charge in [0.1, 0.15) is 0 Å². The highest BCUT2D eigenvalue weighted by Gasteiger charge is 2.41. The van der Waals surface area contributed by atoms with Gasteiger partial charge in [-0.15, -0.1) is 0 Å². The van der Waals surface area contributed by atoms with Crippen LogP contribution in [0.1, 0.15) is 38.5 Å². The summed E-state index contributed by atoms with van der Waals surface area (Å²) in [6.07, 6.45) is 5.98. The topological polar surface area (TPSA) is 70.6 Å². The lowest BCUT2D eigenvalue weighted by Crippen LogP contribution is -2.52. The van der Waals surface area contributed by atoms with Crippen molar-refractivity contribution in [2.75, 3.05) is 40.0 Å². The number of carbonyl (C=O) groups excluding carboxylic acids is 1. The van der Waals surface area contributed by atoms with Crippen LogP contribution in [-0.4, -0.2) is 51.0 Å². The molecule has 1 aliphatic heterocycles. The fourth-order valence-electron chi connectivity index (χ4n) is 3.59. The Morgan fingerprint density at radius 3 is 2.45 bits per heavy atom. The van der Waals surface area contributed by atoms with Crippen LogP contribution in [-0.2, 0) is 9.53 Å². The largest absolute Gasteiger partial charge is 0.396 e. The van der Waals surface area contributed by atoms with Gasteiger partial charge in [-0.3, -0.25) is 4.79 Å². The molecule has 1 heterocycles. The number of rotatable bonds is 6. The summed E-state index contributed by atoms with van der Waals surface area (Å²) in [5.41, 5.74) is -0.480. The Morgan fingerprint density at radius 1 is 1.25 bits per heavy atom. The van der Waals surface area contributed by atoms with Gasteiger partial charge in [-0.2, -0.15) is 0 Å². The number of amides is 1. The monoisotopic (exact) mass is 284 g/mol. The summed E-state index contributed by atoms with van der Waals surface area (Å²) in [5.74, 6) is 0.0978. The van der Waals surface area contributed by atoms with Crippen LogP contribution < -0.4 is 10.6 Å². The van der Waals surface area contributed by atoms with Gasteiger partial charge in [0.2, 0.25) is 5.91 Å². The van der Waals surface area contributed by atoms with Crippen molar-refractivity contribution in [3.05, 3.63) is 0 Å². The normalized spacial score (nSPS) is 24.5. The summed E-state index contributed by atoms with van der Waals surface area (Å²) < 4.78 is 5.29. The van der Waals surface area contributed by atoms with Crippen molar-refractivity contribution >= 4 is 5.91 Å². The Morgan fingerprint density at radius 2 is 1.90 bits per heavy atom. The molecule has 116 valence electrons.